The van der Waals surface area contributed by atoms with Gasteiger partial charge in [0.1, 0.15) is 18.6 Å². The number of carbonyl (C=O) groups excluding carboxylic acids is 2. The first-order valence-electron chi connectivity index (χ1n) is 6.25. The molecule has 0 saturated heterocycles. The minimum atomic E-state index is -1.41. The van der Waals surface area contributed by atoms with Gasteiger partial charge in [-0.15, -0.1) is 0 Å². The summed E-state index contributed by atoms with van der Waals surface area (Å²) in [5, 5.41) is 0. The highest BCUT2D eigenvalue weighted by Gasteiger charge is 2.26. The minimum absolute atomic E-state index is 0.104. The van der Waals surface area contributed by atoms with Crippen LogP contribution in [0.15, 0.2) is 0 Å². The number of alkyl halides is 1. The number of hydrogen-bond acceptors (Lipinski definition) is 3. The summed E-state index contributed by atoms with van der Waals surface area (Å²) < 4.78 is 18.8. The zero-order valence-electron chi connectivity index (χ0n) is 12.3. The van der Waals surface area contributed by atoms with Gasteiger partial charge >= 0.3 is 0 Å². The van der Waals surface area contributed by atoms with Crippen LogP contribution < -0.4 is 0 Å². The fraction of sp³-hybridized carbons (Fsp3) is 0.857. The Morgan fingerprint density at radius 2 is 1.56 bits per heavy atom. The second kappa shape index (κ2) is 6.41. The van der Waals surface area contributed by atoms with E-state index in [1.165, 1.54) is 0 Å². The van der Waals surface area contributed by atoms with Crippen LogP contribution in [0.25, 0.3) is 0 Å². The number of halogens is 1. The van der Waals surface area contributed by atoms with Crippen molar-refractivity contribution in [2.24, 2.45) is 5.41 Å². The van der Waals surface area contributed by atoms with Crippen molar-refractivity contribution in [3.05, 3.63) is 0 Å². The molecule has 1 atom stereocenters. The summed E-state index contributed by atoms with van der Waals surface area (Å²) in [7, 11) is 0. The number of carbonyl (C=O) groups is 2. The van der Waals surface area contributed by atoms with Crippen molar-refractivity contribution in [1.29, 1.82) is 0 Å². The topological polar surface area (TPSA) is 43.4 Å². The van der Waals surface area contributed by atoms with E-state index in [2.05, 4.69) is 0 Å². The van der Waals surface area contributed by atoms with Crippen LogP contribution in [-0.4, -0.2) is 29.9 Å². The largest absolute Gasteiger partial charge is 0.368 e. The van der Waals surface area contributed by atoms with Crippen molar-refractivity contribution in [3.63, 3.8) is 0 Å². The van der Waals surface area contributed by atoms with Gasteiger partial charge in [-0.1, -0.05) is 20.8 Å². The van der Waals surface area contributed by atoms with E-state index in [0.29, 0.717) is 0 Å². The molecule has 106 valence electrons. The van der Waals surface area contributed by atoms with Crippen LogP contribution in [0.3, 0.4) is 0 Å². The summed E-state index contributed by atoms with van der Waals surface area (Å²) in [5.74, 6) is -0.473. The summed E-state index contributed by atoms with van der Waals surface area (Å²) in [6.45, 7) is 10.6. The first kappa shape index (κ1) is 17.2. The van der Waals surface area contributed by atoms with Crippen molar-refractivity contribution >= 4 is 11.6 Å². The second-order valence-electron chi connectivity index (χ2n) is 6.62. The lowest BCUT2D eigenvalue weighted by molar-refractivity contribution is -0.131. The summed E-state index contributed by atoms with van der Waals surface area (Å²) >= 11 is 0. The molecule has 0 radical (unpaired) electrons. The molecule has 0 spiro atoms. The molecule has 0 aromatic heterocycles. The van der Waals surface area contributed by atoms with Crippen LogP contribution in [0.5, 0.6) is 0 Å². The minimum Gasteiger partial charge on any atom is -0.368 e. The van der Waals surface area contributed by atoms with Gasteiger partial charge in [-0.05, 0) is 20.8 Å². The Bertz CT molecular complexity index is 297. The quantitative estimate of drug-likeness (QED) is 0.737. The first-order chi connectivity index (χ1) is 7.92. The predicted octanol–water partition coefficient (Wildman–Crippen LogP) is 3.10. The van der Waals surface area contributed by atoms with Crippen molar-refractivity contribution in [2.75, 3.05) is 6.61 Å². The fourth-order valence-corrected chi connectivity index (χ4v) is 1.18. The average Bonchev–Trinajstić information content (AvgIpc) is 2.11. The molecule has 0 bridgehead atoms. The Morgan fingerprint density at radius 3 is 1.94 bits per heavy atom. The molecule has 0 amide bonds. The van der Waals surface area contributed by atoms with Crippen LogP contribution in [0.1, 0.15) is 54.4 Å². The van der Waals surface area contributed by atoms with E-state index >= 15 is 0 Å². The van der Waals surface area contributed by atoms with Crippen molar-refractivity contribution in [3.8, 4) is 0 Å². The average molecular weight is 260 g/mol. The van der Waals surface area contributed by atoms with Crippen LogP contribution in [-0.2, 0) is 14.3 Å². The Kier molecular flexibility index (Phi) is 6.14. The lowest BCUT2D eigenvalue weighted by atomic mass is 9.87. The number of ketones is 2. The van der Waals surface area contributed by atoms with Gasteiger partial charge in [-0.25, -0.2) is 4.39 Å². The number of Topliss-reactive ketones (excluding diaryl/α,β-unsaturated/α-hetero) is 2. The molecule has 0 aromatic carbocycles. The van der Waals surface area contributed by atoms with Crippen LogP contribution >= 0.6 is 0 Å². The highest BCUT2D eigenvalue weighted by atomic mass is 19.1. The second-order valence-corrected chi connectivity index (χ2v) is 6.62. The van der Waals surface area contributed by atoms with Gasteiger partial charge in [-0.2, -0.15) is 0 Å². The van der Waals surface area contributed by atoms with Gasteiger partial charge in [0, 0.05) is 18.3 Å². The fourth-order valence-electron chi connectivity index (χ4n) is 1.18. The zero-order valence-corrected chi connectivity index (χ0v) is 12.3. The first-order valence-corrected chi connectivity index (χ1v) is 6.25. The molecule has 0 unspecified atom stereocenters. The standard InChI is InChI=1S/C14H25FO3/c1-13(2,3)12(17)8-10(15)7-11(16)9-18-14(4,5)6/h10H,7-9H2,1-6H3/t10-/m1/s1. The van der Waals surface area contributed by atoms with Crippen molar-refractivity contribution in [2.45, 2.75) is 66.2 Å². The summed E-state index contributed by atoms with van der Waals surface area (Å²) in [6, 6.07) is 0. The van der Waals surface area contributed by atoms with Crippen LogP contribution in [0, 0.1) is 5.41 Å². The molecule has 0 rings (SSSR count). The molecule has 0 aromatic rings. The highest BCUT2D eigenvalue weighted by molar-refractivity contribution is 5.85. The van der Waals surface area contributed by atoms with E-state index in [1.54, 1.807) is 20.8 Å². The third-order valence-electron chi connectivity index (χ3n) is 2.36. The van der Waals surface area contributed by atoms with Crippen LogP contribution in [0.2, 0.25) is 0 Å². The van der Waals surface area contributed by atoms with Crippen LogP contribution in [0.4, 0.5) is 4.39 Å². The Hall–Kier alpha value is -0.770. The maximum atomic E-state index is 13.6. The molecule has 4 heteroatoms. The van der Waals surface area contributed by atoms with E-state index < -0.39 is 17.2 Å². The molecule has 0 aliphatic heterocycles. The van der Waals surface area contributed by atoms with E-state index in [1.807, 2.05) is 20.8 Å². The number of rotatable bonds is 6. The normalized spacial score (nSPS) is 14.4. The van der Waals surface area contributed by atoms with E-state index in [0.717, 1.165) is 0 Å². The molecule has 0 N–H and O–H groups in total. The third-order valence-corrected chi connectivity index (χ3v) is 2.36. The summed E-state index contributed by atoms with van der Waals surface area (Å²) in [4.78, 5) is 23.0. The molecule has 18 heavy (non-hydrogen) atoms. The summed E-state index contributed by atoms with van der Waals surface area (Å²) in [5.41, 5.74) is -0.974. The third kappa shape index (κ3) is 8.34. The van der Waals surface area contributed by atoms with Crippen molar-refractivity contribution in [1.82, 2.24) is 0 Å². The maximum Gasteiger partial charge on any atom is 0.161 e. The molecule has 0 heterocycles. The lowest BCUT2D eigenvalue weighted by Gasteiger charge is -2.20. The molecule has 3 nitrogen and oxygen atoms in total. The van der Waals surface area contributed by atoms with E-state index in [4.69, 9.17) is 4.74 Å². The number of ether oxygens (including phenoxy) is 1. The van der Waals surface area contributed by atoms with Gasteiger partial charge in [-0.3, -0.25) is 9.59 Å². The smallest absolute Gasteiger partial charge is 0.161 e. The number of hydrogen-bond donors (Lipinski definition) is 0. The maximum absolute atomic E-state index is 13.6. The molecular formula is C14H25FO3. The van der Waals surface area contributed by atoms with Gasteiger partial charge < -0.3 is 4.74 Å². The van der Waals surface area contributed by atoms with Gasteiger partial charge in [0.2, 0.25) is 0 Å². The van der Waals surface area contributed by atoms with Gasteiger partial charge in [0.05, 0.1) is 5.60 Å². The lowest BCUT2D eigenvalue weighted by Crippen LogP contribution is -2.27. The summed E-state index contributed by atoms with van der Waals surface area (Å²) in [6.07, 6.45) is -1.87. The molecular weight excluding hydrogens is 235 g/mol. The van der Waals surface area contributed by atoms with Crippen molar-refractivity contribution < 1.29 is 18.7 Å². The molecule has 0 saturated carbocycles. The Balaban J connectivity index is 4.06. The highest BCUT2D eigenvalue weighted by Crippen LogP contribution is 2.20. The molecule has 0 aliphatic rings. The molecule has 0 aliphatic carbocycles. The Labute approximate surface area is 109 Å². The van der Waals surface area contributed by atoms with Gasteiger partial charge in [0.25, 0.3) is 0 Å². The predicted molar refractivity (Wildman–Crippen MR) is 69.3 cm³/mol. The van der Waals surface area contributed by atoms with E-state index in [9.17, 15) is 14.0 Å². The SMILES string of the molecule is CC(C)(C)OCC(=O)C[C@@H](F)CC(=O)C(C)(C)C. The van der Waals surface area contributed by atoms with Gasteiger partial charge in [0.15, 0.2) is 5.78 Å². The molecule has 0 fully saturated rings. The van der Waals surface area contributed by atoms with E-state index in [-0.39, 0.29) is 31.0 Å². The Morgan fingerprint density at radius 1 is 1.06 bits per heavy atom. The monoisotopic (exact) mass is 260 g/mol. The zero-order chi connectivity index (χ0) is 14.6.